The summed E-state index contributed by atoms with van der Waals surface area (Å²) in [5.41, 5.74) is 1.07. The van der Waals surface area contributed by atoms with Crippen LogP contribution >= 0.6 is 0 Å². The zero-order valence-electron chi connectivity index (χ0n) is 11.1. The van der Waals surface area contributed by atoms with Crippen molar-refractivity contribution < 1.29 is 19.8 Å². The van der Waals surface area contributed by atoms with Gasteiger partial charge in [0.1, 0.15) is 11.4 Å². The van der Waals surface area contributed by atoms with Crippen LogP contribution < -0.4 is 5.32 Å². The molecule has 0 bridgehead atoms. The summed E-state index contributed by atoms with van der Waals surface area (Å²) in [5.74, 6) is -1.33. The summed E-state index contributed by atoms with van der Waals surface area (Å²) in [6.45, 7) is 0.411. The van der Waals surface area contributed by atoms with E-state index in [9.17, 15) is 9.59 Å². The second-order valence-electron chi connectivity index (χ2n) is 4.41. The molecule has 2 rings (SSSR count). The maximum Gasteiger partial charge on any atom is 0.354 e. The number of rotatable bonds is 5. The van der Waals surface area contributed by atoms with Crippen LogP contribution in [0.15, 0.2) is 42.6 Å². The van der Waals surface area contributed by atoms with E-state index in [0.29, 0.717) is 13.0 Å². The van der Waals surface area contributed by atoms with Gasteiger partial charge in [0, 0.05) is 18.3 Å². The number of hydrogen-bond donors (Lipinski definition) is 3. The third-order valence-electron chi connectivity index (χ3n) is 2.88. The monoisotopic (exact) mass is 286 g/mol. The van der Waals surface area contributed by atoms with E-state index < -0.39 is 5.97 Å². The first-order valence-corrected chi connectivity index (χ1v) is 6.32. The number of nitrogens with one attached hydrogen (secondary N) is 1. The summed E-state index contributed by atoms with van der Waals surface area (Å²) in [6.07, 6.45) is 1.90. The smallest absolute Gasteiger partial charge is 0.354 e. The van der Waals surface area contributed by atoms with Crippen molar-refractivity contribution in [1.29, 1.82) is 0 Å². The summed E-state index contributed by atoms with van der Waals surface area (Å²) in [5, 5.41) is 20.7. The van der Waals surface area contributed by atoms with E-state index in [1.54, 1.807) is 24.3 Å². The van der Waals surface area contributed by atoms with Crippen molar-refractivity contribution in [2.45, 2.75) is 6.42 Å². The SMILES string of the molecule is O=C(NCCc1ccc(O)cc1)c1ccnc(C(=O)O)c1. The van der Waals surface area contributed by atoms with Crippen molar-refractivity contribution in [1.82, 2.24) is 10.3 Å². The Labute approximate surface area is 121 Å². The van der Waals surface area contributed by atoms with E-state index in [2.05, 4.69) is 10.3 Å². The highest BCUT2D eigenvalue weighted by molar-refractivity contribution is 5.96. The number of carboxylic acid groups (broad SMARTS) is 1. The third-order valence-corrected chi connectivity index (χ3v) is 2.88. The molecule has 2 aromatic rings. The Morgan fingerprint density at radius 2 is 1.86 bits per heavy atom. The number of nitrogens with zero attached hydrogens (tertiary/aromatic N) is 1. The third kappa shape index (κ3) is 4.04. The number of pyridine rings is 1. The van der Waals surface area contributed by atoms with Crippen LogP contribution in [0.4, 0.5) is 0 Å². The molecule has 0 aliphatic carbocycles. The molecule has 6 nitrogen and oxygen atoms in total. The Morgan fingerprint density at radius 1 is 1.14 bits per heavy atom. The number of aromatic carboxylic acids is 1. The lowest BCUT2D eigenvalue weighted by molar-refractivity contribution is 0.0690. The van der Waals surface area contributed by atoms with Crippen LogP contribution in [-0.4, -0.2) is 33.6 Å². The summed E-state index contributed by atoms with van der Waals surface area (Å²) in [6, 6.07) is 9.41. The lowest BCUT2D eigenvalue weighted by Gasteiger charge is -2.06. The molecular formula is C15H14N2O4. The molecule has 0 unspecified atom stereocenters. The Hall–Kier alpha value is -2.89. The molecule has 108 valence electrons. The lowest BCUT2D eigenvalue weighted by Crippen LogP contribution is -2.26. The summed E-state index contributed by atoms with van der Waals surface area (Å²) < 4.78 is 0. The van der Waals surface area contributed by atoms with Crippen LogP contribution in [-0.2, 0) is 6.42 Å². The average Bonchev–Trinajstić information content (AvgIpc) is 2.49. The van der Waals surface area contributed by atoms with Crippen LogP contribution in [0.5, 0.6) is 5.75 Å². The molecule has 3 N–H and O–H groups in total. The molecule has 0 aliphatic heterocycles. The van der Waals surface area contributed by atoms with Gasteiger partial charge in [0.05, 0.1) is 0 Å². The largest absolute Gasteiger partial charge is 0.508 e. The average molecular weight is 286 g/mol. The van der Waals surface area contributed by atoms with Crippen LogP contribution in [0, 0.1) is 0 Å². The van der Waals surface area contributed by atoms with Crippen molar-refractivity contribution >= 4 is 11.9 Å². The Balaban J connectivity index is 1.91. The Bertz CT molecular complexity index is 653. The highest BCUT2D eigenvalue weighted by Gasteiger charge is 2.10. The quantitative estimate of drug-likeness (QED) is 0.772. The second kappa shape index (κ2) is 6.51. The molecule has 0 saturated heterocycles. The van der Waals surface area contributed by atoms with E-state index >= 15 is 0 Å². The van der Waals surface area contributed by atoms with E-state index in [1.165, 1.54) is 18.3 Å². The standard InChI is InChI=1S/C15H14N2O4/c18-12-3-1-10(2-4-12)5-7-17-14(19)11-6-8-16-13(9-11)15(20)21/h1-4,6,8-9,18H,5,7H2,(H,17,19)(H,20,21). The van der Waals surface area contributed by atoms with Crippen molar-refractivity contribution in [3.05, 3.63) is 59.4 Å². The molecule has 21 heavy (non-hydrogen) atoms. The normalized spacial score (nSPS) is 10.1. The molecule has 6 heteroatoms. The van der Waals surface area contributed by atoms with Gasteiger partial charge < -0.3 is 15.5 Å². The van der Waals surface area contributed by atoms with E-state index in [4.69, 9.17) is 10.2 Å². The molecule has 1 aromatic carbocycles. The van der Waals surface area contributed by atoms with Crippen molar-refractivity contribution in [2.75, 3.05) is 6.54 Å². The molecule has 0 atom stereocenters. The zero-order chi connectivity index (χ0) is 15.2. The molecular weight excluding hydrogens is 272 g/mol. The van der Waals surface area contributed by atoms with Crippen LogP contribution in [0.3, 0.4) is 0 Å². The topological polar surface area (TPSA) is 99.5 Å². The molecule has 1 aromatic heterocycles. The highest BCUT2D eigenvalue weighted by Crippen LogP contribution is 2.09. The first-order valence-electron chi connectivity index (χ1n) is 6.32. The van der Waals surface area contributed by atoms with Gasteiger partial charge in [-0.1, -0.05) is 12.1 Å². The number of phenols is 1. The number of carbonyl (C=O) groups is 2. The van der Waals surface area contributed by atoms with Crippen LogP contribution in [0.25, 0.3) is 0 Å². The van der Waals surface area contributed by atoms with E-state index in [1.807, 2.05) is 0 Å². The van der Waals surface area contributed by atoms with Crippen molar-refractivity contribution in [2.24, 2.45) is 0 Å². The van der Waals surface area contributed by atoms with Crippen molar-refractivity contribution in [3.8, 4) is 5.75 Å². The van der Waals surface area contributed by atoms with Gasteiger partial charge >= 0.3 is 5.97 Å². The number of carboxylic acids is 1. The number of phenolic OH excluding ortho intramolecular Hbond substituents is 1. The summed E-state index contributed by atoms with van der Waals surface area (Å²) in [7, 11) is 0. The Kier molecular flexibility index (Phi) is 4.50. The first kappa shape index (κ1) is 14.5. The molecule has 0 radical (unpaired) electrons. The maximum absolute atomic E-state index is 11.9. The lowest BCUT2D eigenvalue weighted by atomic mass is 10.1. The van der Waals surface area contributed by atoms with E-state index in [-0.39, 0.29) is 22.9 Å². The van der Waals surface area contributed by atoms with Gasteiger partial charge in [0.2, 0.25) is 0 Å². The van der Waals surface area contributed by atoms with Gasteiger partial charge in [-0.2, -0.15) is 0 Å². The first-order chi connectivity index (χ1) is 10.1. The zero-order valence-corrected chi connectivity index (χ0v) is 11.1. The summed E-state index contributed by atoms with van der Waals surface area (Å²) >= 11 is 0. The Morgan fingerprint density at radius 3 is 2.52 bits per heavy atom. The summed E-state index contributed by atoms with van der Waals surface area (Å²) in [4.78, 5) is 26.3. The predicted octanol–water partition coefficient (Wildman–Crippen LogP) is 1.46. The molecule has 1 heterocycles. The van der Waals surface area contributed by atoms with Gasteiger partial charge in [-0.3, -0.25) is 4.79 Å². The van der Waals surface area contributed by atoms with Crippen LogP contribution in [0.1, 0.15) is 26.4 Å². The second-order valence-corrected chi connectivity index (χ2v) is 4.41. The number of amides is 1. The predicted molar refractivity (Wildman–Crippen MR) is 75.3 cm³/mol. The van der Waals surface area contributed by atoms with Gasteiger partial charge in [0.25, 0.3) is 5.91 Å². The van der Waals surface area contributed by atoms with Gasteiger partial charge in [-0.05, 0) is 36.2 Å². The highest BCUT2D eigenvalue weighted by atomic mass is 16.4. The minimum absolute atomic E-state index is 0.166. The number of aromatic nitrogens is 1. The van der Waals surface area contributed by atoms with E-state index in [0.717, 1.165) is 5.56 Å². The minimum Gasteiger partial charge on any atom is -0.508 e. The fourth-order valence-corrected chi connectivity index (χ4v) is 1.77. The number of benzene rings is 1. The molecule has 0 spiro atoms. The minimum atomic E-state index is -1.17. The molecule has 1 amide bonds. The molecule has 0 fully saturated rings. The van der Waals surface area contributed by atoms with Gasteiger partial charge in [-0.25, -0.2) is 9.78 Å². The number of carbonyl (C=O) groups excluding carboxylic acids is 1. The molecule has 0 saturated carbocycles. The van der Waals surface area contributed by atoms with Crippen LogP contribution in [0.2, 0.25) is 0 Å². The number of hydrogen-bond acceptors (Lipinski definition) is 4. The number of aromatic hydroxyl groups is 1. The fourth-order valence-electron chi connectivity index (χ4n) is 1.77. The maximum atomic E-state index is 11.9. The molecule has 0 aliphatic rings. The fraction of sp³-hybridized carbons (Fsp3) is 0.133. The van der Waals surface area contributed by atoms with Gasteiger partial charge in [-0.15, -0.1) is 0 Å². The van der Waals surface area contributed by atoms with Gasteiger partial charge in [0.15, 0.2) is 0 Å². The van der Waals surface area contributed by atoms with Crippen molar-refractivity contribution in [3.63, 3.8) is 0 Å².